The van der Waals surface area contributed by atoms with Gasteiger partial charge in [0.15, 0.2) is 5.78 Å². The number of Topliss-reactive ketones (excluding diaryl/α,β-unsaturated/α-hetero) is 1. The van der Waals surface area contributed by atoms with E-state index in [1.807, 2.05) is 6.07 Å². The number of ketones is 1. The van der Waals surface area contributed by atoms with Crippen molar-refractivity contribution in [2.24, 2.45) is 0 Å². The van der Waals surface area contributed by atoms with Gasteiger partial charge in [-0.2, -0.15) is 0 Å². The molecule has 1 aliphatic rings. The summed E-state index contributed by atoms with van der Waals surface area (Å²) in [5, 5.41) is 3.23. The van der Waals surface area contributed by atoms with Crippen LogP contribution in [-0.4, -0.2) is 12.3 Å². The van der Waals surface area contributed by atoms with E-state index in [1.54, 1.807) is 13.0 Å². The molecule has 1 aliphatic heterocycles. The highest BCUT2D eigenvalue weighted by Gasteiger charge is 2.19. The highest BCUT2D eigenvalue weighted by atomic mass is 32.1. The second-order valence-corrected chi connectivity index (χ2v) is 5.44. The number of carbonyl (C=O) groups excluding carboxylic acids is 1. The molecule has 1 aromatic carbocycles. The number of anilines is 1. The lowest BCUT2D eigenvalue weighted by Crippen LogP contribution is -2.02. The van der Waals surface area contributed by atoms with Crippen LogP contribution in [0.3, 0.4) is 0 Å². The summed E-state index contributed by atoms with van der Waals surface area (Å²) in [6, 6.07) is 6.71. The Morgan fingerprint density at radius 2 is 2.22 bits per heavy atom. The van der Waals surface area contributed by atoms with Crippen LogP contribution in [0.5, 0.6) is 0 Å². The summed E-state index contributed by atoms with van der Waals surface area (Å²) in [6.07, 6.45) is 0.857. The van der Waals surface area contributed by atoms with Crippen molar-refractivity contribution in [1.82, 2.24) is 0 Å². The predicted molar refractivity (Wildman–Crippen MR) is 71.9 cm³/mol. The lowest BCUT2D eigenvalue weighted by Gasteiger charge is -2.07. The molecule has 3 rings (SSSR count). The van der Waals surface area contributed by atoms with E-state index in [9.17, 15) is 9.18 Å². The van der Waals surface area contributed by atoms with Gasteiger partial charge in [-0.1, -0.05) is 0 Å². The molecule has 18 heavy (non-hydrogen) atoms. The van der Waals surface area contributed by atoms with E-state index in [0.717, 1.165) is 34.0 Å². The van der Waals surface area contributed by atoms with E-state index in [4.69, 9.17) is 0 Å². The molecule has 0 aliphatic carbocycles. The SMILES string of the molecule is CC(=O)c1cc2c(s1)-c1ccc(F)cc1NCC2. The highest BCUT2D eigenvalue weighted by molar-refractivity contribution is 7.17. The van der Waals surface area contributed by atoms with E-state index >= 15 is 0 Å². The molecule has 2 nitrogen and oxygen atoms in total. The predicted octanol–water partition coefficient (Wildman–Crippen LogP) is 3.72. The second-order valence-electron chi connectivity index (χ2n) is 4.39. The number of benzene rings is 1. The molecule has 2 heterocycles. The van der Waals surface area contributed by atoms with E-state index in [0.29, 0.717) is 0 Å². The minimum Gasteiger partial charge on any atom is -0.384 e. The van der Waals surface area contributed by atoms with Gasteiger partial charge >= 0.3 is 0 Å². The molecule has 1 aromatic heterocycles. The quantitative estimate of drug-likeness (QED) is 0.793. The maximum Gasteiger partial charge on any atom is 0.169 e. The molecule has 0 amide bonds. The molecule has 4 heteroatoms. The van der Waals surface area contributed by atoms with E-state index in [1.165, 1.54) is 29.0 Å². The Bertz CT molecular complexity index is 633. The van der Waals surface area contributed by atoms with E-state index in [2.05, 4.69) is 5.32 Å². The smallest absolute Gasteiger partial charge is 0.169 e. The van der Waals surface area contributed by atoms with Crippen LogP contribution in [0, 0.1) is 5.82 Å². The second kappa shape index (κ2) is 4.21. The molecule has 0 fully saturated rings. The Kier molecular flexibility index (Phi) is 2.67. The third kappa shape index (κ3) is 1.82. The minimum atomic E-state index is -0.243. The zero-order valence-corrected chi connectivity index (χ0v) is 10.7. The van der Waals surface area contributed by atoms with Crippen molar-refractivity contribution in [3.63, 3.8) is 0 Å². The first-order chi connectivity index (χ1) is 8.65. The Labute approximate surface area is 108 Å². The molecular formula is C14H12FNOS. The Morgan fingerprint density at radius 1 is 1.39 bits per heavy atom. The average Bonchev–Trinajstić information content (AvgIpc) is 2.67. The fourth-order valence-electron chi connectivity index (χ4n) is 2.21. The average molecular weight is 261 g/mol. The van der Waals surface area contributed by atoms with Gasteiger partial charge in [0.25, 0.3) is 0 Å². The summed E-state index contributed by atoms with van der Waals surface area (Å²) >= 11 is 1.49. The van der Waals surface area contributed by atoms with Crippen molar-refractivity contribution in [1.29, 1.82) is 0 Å². The third-order valence-corrected chi connectivity index (χ3v) is 4.40. The first kappa shape index (κ1) is 11.4. The summed E-state index contributed by atoms with van der Waals surface area (Å²) in [5.41, 5.74) is 2.97. The topological polar surface area (TPSA) is 29.1 Å². The minimum absolute atomic E-state index is 0.0877. The monoisotopic (exact) mass is 261 g/mol. The van der Waals surface area contributed by atoms with Crippen LogP contribution in [0.25, 0.3) is 10.4 Å². The van der Waals surface area contributed by atoms with Gasteiger partial charge in [-0.3, -0.25) is 4.79 Å². The third-order valence-electron chi connectivity index (χ3n) is 3.09. The number of nitrogens with one attached hydrogen (secondary N) is 1. The van der Waals surface area contributed by atoms with Crippen molar-refractivity contribution in [3.8, 4) is 10.4 Å². The van der Waals surface area contributed by atoms with Crippen LogP contribution in [0.15, 0.2) is 24.3 Å². The molecule has 2 aromatic rings. The number of rotatable bonds is 1. The maximum atomic E-state index is 13.2. The first-order valence-corrected chi connectivity index (χ1v) is 6.64. The normalized spacial score (nSPS) is 13.2. The van der Waals surface area contributed by atoms with E-state index in [-0.39, 0.29) is 11.6 Å². The van der Waals surface area contributed by atoms with Crippen molar-refractivity contribution in [3.05, 3.63) is 40.5 Å². The summed E-state index contributed by atoms with van der Waals surface area (Å²) in [6.45, 7) is 2.34. The lowest BCUT2D eigenvalue weighted by molar-refractivity contribution is 0.102. The van der Waals surface area contributed by atoms with Gasteiger partial charge in [-0.15, -0.1) is 11.3 Å². The maximum absolute atomic E-state index is 13.2. The van der Waals surface area contributed by atoms with Gasteiger partial charge in [-0.05, 0) is 43.2 Å². The molecule has 0 unspecified atom stereocenters. The first-order valence-electron chi connectivity index (χ1n) is 5.82. The summed E-state index contributed by atoms with van der Waals surface area (Å²) in [5.74, 6) is -0.155. The van der Waals surface area contributed by atoms with Gasteiger partial charge in [0, 0.05) is 22.7 Å². The van der Waals surface area contributed by atoms with Crippen molar-refractivity contribution < 1.29 is 9.18 Å². The van der Waals surface area contributed by atoms with Crippen molar-refractivity contribution in [2.45, 2.75) is 13.3 Å². The lowest BCUT2D eigenvalue weighted by atomic mass is 10.1. The largest absolute Gasteiger partial charge is 0.384 e. The molecule has 0 spiro atoms. The van der Waals surface area contributed by atoms with Crippen LogP contribution in [0.2, 0.25) is 0 Å². The number of fused-ring (bicyclic) bond motifs is 3. The van der Waals surface area contributed by atoms with Crippen LogP contribution in [0.4, 0.5) is 10.1 Å². The van der Waals surface area contributed by atoms with Gasteiger partial charge < -0.3 is 5.32 Å². The standard InChI is InChI=1S/C14H12FNOS/c1-8(17)13-6-9-4-5-16-12-7-10(15)2-3-11(12)14(9)18-13/h2-3,6-7,16H,4-5H2,1H3. The van der Waals surface area contributed by atoms with Crippen molar-refractivity contribution >= 4 is 22.8 Å². The van der Waals surface area contributed by atoms with Gasteiger partial charge in [-0.25, -0.2) is 4.39 Å². The van der Waals surface area contributed by atoms with Crippen LogP contribution >= 0.6 is 11.3 Å². The van der Waals surface area contributed by atoms with Crippen LogP contribution in [-0.2, 0) is 6.42 Å². The molecule has 1 N–H and O–H groups in total. The molecule has 0 saturated heterocycles. The summed E-state index contributed by atoms with van der Waals surface area (Å²) in [7, 11) is 0. The van der Waals surface area contributed by atoms with Gasteiger partial charge in [0.05, 0.1) is 4.88 Å². The number of carbonyl (C=O) groups is 1. The molecular weight excluding hydrogens is 249 g/mol. The van der Waals surface area contributed by atoms with Crippen LogP contribution < -0.4 is 5.32 Å². The van der Waals surface area contributed by atoms with E-state index < -0.39 is 0 Å². The molecule has 0 saturated carbocycles. The zero-order valence-electron chi connectivity index (χ0n) is 9.92. The fraction of sp³-hybridized carbons (Fsp3) is 0.214. The highest BCUT2D eigenvalue weighted by Crippen LogP contribution is 2.39. The molecule has 92 valence electrons. The fourth-order valence-corrected chi connectivity index (χ4v) is 3.35. The Morgan fingerprint density at radius 3 is 3.00 bits per heavy atom. The molecule has 0 atom stereocenters. The molecule has 0 bridgehead atoms. The number of hydrogen-bond donors (Lipinski definition) is 1. The van der Waals surface area contributed by atoms with Crippen molar-refractivity contribution in [2.75, 3.05) is 11.9 Å². The number of hydrogen-bond acceptors (Lipinski definition) is 3. The molecule has 0 radical (unpaired) electrons. The van der Waals surface area contributed by atoms with Gasteiger partial charge in [0.1, 0.15) is 5.82 Å². The summed E-state index contributed by atoms with van der Waals surface area (Å²) < 4.78 is 13.2. The Balaban J connectivity index is 2.20. The number of thiophene rings is 1. The van der Waals surface area contributed by atoms with Gasteiger partial charge in [0.2, 0.25) is 0 Å². The summed E-state index contributed by atoms with van der Waals surface area (Å²) in [4.78, 5) is 13.3. The zero-order chi connectivity index (χ0) is 12.7. The number of halogens is 1. The Hall–Kier alpha value is -1.68. The van der Waals surface area contributed by atoms with Crippen LogP contribution in [0.1, 0.15) is 22.2 Å².